The van der Waals surface area contributed by atoms with Crippen LogP contribution in [0.2, 0.25) is 0 Å². The van der Waals surface area contributed by atoms with Gasteiger partial charge >= 0.3 is 12.1 Å². The van der Waals surface area contributed by atoms with E-state index in [0.717, 1.165) is 50.2 Å². The summed E-state index contributed by atoms with van der Waals surface area (Å²) in [5, 5.41) is 9.32. The van der Waals surface area contributed by atoms with Crippen molar-refractivity contribution < 1.29 is 23.1 Å². The summed E-state index contributed by atoms with van der Waals surface area (Å²) in [7, 11) is 0. The van der Waals surface area contributed by atoms with E-state index in [1.165, 1.54) is 12.1 Å². The Morgan fingerprint density at radius 1 is 1.18 bits per heavy atom. The SMILES string of the molecule is CCC(C(=O)O)C1CCN(Cc2ccn(-c3ccc(C(F)(F)F)cc3)c2)CC1. The van der Waals surface area contributed by atoms with Crippen LogP contribution in [0, 0.1) is 11.8 Å². The summed E-state index contributed by atoms with van der Waals surface area (Å²) < 4.78 is 39.9. The Kier molecular flexibility index (Phi) is 6.13. The molecule has 1 fully saturated rings. The first-order valence-corrected chi connectivity index (χ1v) is 9.57. The monoisotopic (exact) mass is 394 g/mol. The van der Waals surface area contributed by atoms with Crippen LogP contribution in [-0.4, -0.2) is 33.6 Å². The van der Waals surface area contributed by atoms with E-state index in [-0.39, 0.29) is 11.8 Å². The molecule has 0 amide bonds. The minimum absolute atomic E-state index is 0.232. The van der Waals surface area contributed by atoms with Crippen LogP contribution < -0.4 is 0 Å². The van der Waals surface area contributed by atoms with Crippen LogP contribution in [0.15, 0.2) is 42.7 Å². The molecule has 0 aliphatic carbocycles. The molecule has 0 saturated carbocycles. The largest absolute Gasteiger partial charge is 0.481 e. The molecular weight excluding hydrogens is 369 g/mol. The number of aliphatic carboxylic acids is 1. The Morgan fingerprint density at radius 2 is 1.82 bits per heavy atom. The second kappa shape index (κ2) is 8.39. The van der Waals surface area contributed by atoms with E-state index in [1.54, 1.807) is 0 Å². The quantitative estimate of drug-likeness (QED) is 0.764. The molecule has 28 heavy (non-hydrogen) atoms. The average Bonchev–Trinajstić information content (AvgIpc) is 3.11. The van der Waals surface area contributed by atoms with E-state index >= 15 is 0 Å². The second-order valence-corrected chi connectivity index (χ2v) is 7.44. The van der Waals surface area contributed by atoms with Gasteiger partial charge in [-0.1, -0.05) is 6.92 Å². The van der Waals surface area contributed by atoms with Crippen LogP contribution in [0.5, 0.6) is 0 Å². The zero-order chi connectivity index (χ0) is 20.3. The Balaban J connectivity index is 1.58. The highest BCUT2D eigenvalue weighted by molar-refractivity contribution is 5.70. The molecular formula is C21H25F3N2O2. The van der Waals surface area contributed by atoms with Gasteiger partial charge in [0.2, 0.25) is 0 Å². The van der Waals surface area contributed by atoms with Crippen LogP contribution >= 0.6 is 0 Å². The van der Waals surface area contributed by atoms with Crippen molar-refractivity contribution in [2.45, 2.75) is 38.9 Å². The molecule has 1 N–H and O–H groups in total. The predicted molar refractivity (Wildman–Crippen MR) is 100 cm³/mol. The van der Waals surface area contributed by atoms with Crippen LogP contribution in [0.25, 0.3) is 5.69 Å². The molecule has 1 aliphatic rings. The number of carboxylic acid groups (broad SMARTS) is 1. The number of rotatable bonds is 6. The number of carboxylic acids is 1. The van der Waals surface area contributed by atoms with Crippen LogP contribution in [0.1, 0.15) is 37.3 Å². The third-order valence-corrected chi connectivity index (χ3v) is 5.61. The van der Waals surface area contributed by atoms with Gasteiger partial charge in [0.1, 0.15) is 0 Å². The van der Waals surface area contributed by atoms with Gasteiger partial charge < -0.3 is 9.67 Å². The Bertz CT molecular complexity index is 791. The number of likely N-dealkylation sites (tertiary alicyclic amines) is 1. The molecule has 2 heterocycles. The molecule has 1 saturated heterocycles. The van der Waals surface area contributed by atoms with Gasteiger partial charge in [0.05, 0.1) is 11.5 Å². The standard InChI is InChI=1S/C21H25F3N2O2/c1-2-19(20(27)28)16-8-10-25(11-9-16)13-15-7-12-26(14-15)18-5-3-17(4-6-18)21(22,23)24/h3-7,12,14,16,19H,2,8-11,13H2,1H3,(H,27,28). The van der Waals surface area contributed by atoms with Crippen LogP contribution in [0.3, 0.4) is 0 Å². The fourth-order valence-electron chi connectivity index (χ4n) is 4.00. The van der Waals surface area contributed by atoms with Gasteiger partial charge in [0.15, 0.2) is 0 Å². The Morgan fingerprint density at radius 3 is 2.36 bits per heavy atom. The maximum absolute atomic E-state index is 12.7. The van der Waals surface area contributed by atoms with Gasteiger partial charge in [-0.25, -0.2) is 0 Å². The highest BCUT2D eigenvalue weighted by Gasteiger charge is 2.31. The number of alkyl halides is 3. The maximum Gasteiger partial charge on any atom is 0.416 e. The third-order valence-electron chi connectivity index (χ3n) is 5.61. The fraction of sp³-hybridized carbons (Fsp3) is 0.476. The smallest absolute Gasteiger partial charge is 0.416 e. The number of halogens is 3. The zero-order valence-electron chi connectivity index (χ0n) is 15.8. The highest BCUT2D eigenvalue weighted by Crippen LogP contribution is 2.30. The summed E-state index contributed by atoms with van der Waals surface area (Å²) in [5.74, 6) is -0.729. The fourth-order valence-corrected chi connectivity index (χ4v) is 4.00. The molecule has 1 atom stereocenters. The van der Waals surface area contributed by atoms with E-state index < -0.39 is 17.7 Å². The predicted octanol–water partition coefficient (Wildman–Crippen LogP) is 4.82. The molecule has 3 rings (SSSR count). The normalized spacial score (nSPS) is 17.6. The molecule has 2 aromatic rings. The topological polar surface area (TPSA) is 45.5 Å². The van der Waals surface area contributed by atoms with Crippen molar-refractivity contribution in [3.63, 3.8) is 0 Å². The molecule has 1 aromatic carbocycles. The van der Waals surface area contributed by atoms with Crippen molar-refractivity contribution in [2.24, 2.45) is 11.8 Å². The van der Waals surface area contributed by atoms with Gasteiger partial charge in [0, 0.05) is 24.6 Å². The summed E-state index contributed by atoms with van der Waals surface area (Å²) in [4.78, 5) is 13.6. The molecule has 152 valence electrons. The van der Waals surface area contributed by atoms with Gasteiger partial charge in [-0.3, -0.25) is 9.69 Å². The van der Waals surface area contributed by atoms with Crippen molar-refractivity contribution in [1.82, 2.24) is 9.47 Å². The average molecular weight is 394 g/mol. The number of hydrogen-bond acceptors (Lipinski definition) is 2. The van der Waals surface area contributed by atoms with Crippen molar-refractivity contribution >= 4 is 5.97 Å². The lowest BCUT2D eigenvalue weighted by Crippen LogP contribution is -2.37. The van der Waals surface area contributed by atoms with E-state index in [9.17, 15) is 23.1 Å². The minimum Gasteiger partial charge on any atom is -0.481 e. The number of aromatic nitrogens is 1. The van der Waals surface area contributed by atoms with Gasteiger partial charge in [-0.2, -0.15) is 13.2 Å². The molecule has 0 spiro atoms. The van der Waals surface area contributed by atoms with Gasteiger partial charge in [0.25, 0.3) is 0 Å². The van der Waals surface area contributed by atoms with E-state index in [0.29, 0.717) is 12.1 Å². The molecule has 1 unspecified atom stereocenters. The maximum atomic E-state index is 12.7. The van der Waals surface area contributed by atoms with Crippen molar-refractivity contribution in [1.29, 1.82) is 0 Å². The zero-order valence-corrected chi connectivity index (χ0v) is 15.8. The molecule has 1 aliphatic heterocycles. The summed E-state index contributed by atoms with van der Waals surface area (Å²) >= 11 is 0. The number of benzene rings is 1. The van der Waals surface area contributed by atoms with Gasteiger partial charge in [-0.05, 0) is 74.2 Å². The summed E-state index contributed by atoms with van der Waals surface area (Å²) in [6.07, 6.45) is 1.87. The third kappa shape index (κ3) is 4.76. The first-order valence-electron chi connectivity index (χ1n) is 9.57. The van der Waals surface area contributed by atoms with Crippen molar-refractivity contribution in [3.8, 4) is 5.69 Å². The lowest BCUT2D eigenvalue weighted by Gasteiger charge is -2.34. The lowest BCUT2D eigenvalue weighted by atomic mass is 9.83. The van der Waals surface area contributed by atoms with E-state index in [1.807, 2.05) is 30.0 Å². The van der Waals surface area contributed by atoms with Crippen LogP contribution in [-0.2, 0) is 17.5 Å². The van der Waals surface area contributed by atoms with Crippen molar-refractivity contribution in [2.75, 3.05) is 13.1 Å². The Labute approximate surface area is 162 Å². The first kappa shape index (κ1) is 20.5. The van der Waals surface area contributed by atoms with Crippen LogP contribution in [0.4, 0.5) is 13.2 Å². The molecule has 4 nitrogen and oxygen atoms in total. The molecule has 0 radical (unpaired) electrons. The minimum atomic E-state index is -4.33. The molecule has 1 aromatic heterocycles. The Hall–Kier alpha value is -2.28. The van der Waals surface area contributed by atoms with Crippen molar-refractivity contribution in [3.05, 3.63) is 53.9 Å². The molecule has 0 bridgehead atoms. The number of nitrogens with zero attached hydrogens (tertiary/aromatic N) is 2. The number of hydrogen-bond donors (Lipinski definition) is 1. The second-order valence-electron chi connectivity index (χ2n) is 7.44. The van der Waals surface area contributed by atoms with E-state index in [2.05, 4.69) is 4.90 Å². The summed E-state index contributed by atoms with van der Waals surface area (Å²) in [6.45, 7) is 4.40. The summed E-state index contributed by atoms with van der Waals surface area (Å²) in [6, 6.07) is 7.08. The number of piperidine rings is 1. The lowest BCUT2D eigenvalue weighted by molar-refractivity contribution is -0.144. The first-order chi connectivity index (χ1) is 13.3. The van der Waals surface area contributed by atoms with E-state index in [4.69, 9.17) is 0 Å². The molecule has 7 heteroatoms. The number of carbonyl (C=O) groups is 1. The van der Waals surface area contributed by atoms with Gasteiger partial charge in [-0.15, -0.1) is 0 Å². The highest BCUT2D eigenvalue weighted by atomic mass is 19.4. The summed E-state index contributed by atoms with van der Waals surface area (Å²) in [5.41, 5.74) is 1.12.